The second-order valence-electron chi connectivity index (χ2n) is 5.41. The van der Waals surface area contributed by atoms with Crippen LogP contribution in [0.15, 0.2) is 54.9 Å². The number of benzene rings is 1. The molecule has 134 valence electrons. The van der Waals surface area contributed by atoms with Crippen molar-refractivity contribution in [2.45, 2.75) is 6.61 Å². The Labute approximate surface area is 159 Å². The van der Waals surface area contributed by atoms with Crippen LogP contribution < -0.4 is 5.32 Å². The van der Waals surface area contributed by atoms with Gasteiger partial charge in [0.15, 0.2) is 0 Å². The lowest BCUT2D eigenvalue weighted by Gasteiger charge is -2.05. The molecule has 0 aliphatic carbocycles. The first-order chi connectivity index (χ1) is 12.6. The summed E-state index contributed by atoms with van der Waals surface area (Å²) in [6, 6.07) is 12.5. The summed E-state index contributed by atoms with van der Waals surface area (Å²) in [7, 11) is 0. The number of hydrogen-bond acceptors (Lipinski definition) is 5. The summed E-state index contributed by atoms with van der Waals surface area (Å²) in [5, 5.41) is 3.33. The lowest BCUT2D eigenvalue weighted by Crippen LogP contribution is -2.16. The average Bonchev–Trinajstić information content (AvgIpc) is 3.05. The molecule has 1 N–H and O–H groups in total. The largest absolute Gasteiger partial charge is 0.458 e. The number of amides is 1. The van der Waals surface area contributed by atoms with Crippen LogP contribution in [0.25, 0.3) is 5.65 Å². The van der Waals surface area contributed by atoms with Gasteiger partial charge < -0.3 is 14.5 Å². The molecule has 26 heavy (non-hydrogen) atoms. The third-order valence-corrected chi connectivity index (χ3v) is 4.53. The summed E-state index contributed by atoms with van der Waals surface area (Å²) in [5.74, 6) is -0.315. The number of hydrogen-bond donors (Lipinski definition) is 1. The number of aromatic nitrogens is 2. The van der Waals surface area contributed by atoms with E-state index in [1.54, 1.807) is 24.3 Å². The van der Waals surface area contributed by atoms with Crippen molar-refractivity contribution in [2.24, 2.45) is 0 Å². The number of rotatable bonds is 7. The summed E-state index contributed by atoms with van der Waals surface area (Å²) >= 11 is 6.98. The van der Waals surface area contributed by atoms with Crippen LogP contribution in [0.5, 0.6) is 0 Å². The minimum Gasteiger partial charge on any atom is -0.458 e. The Morgan fingerprint density at radius 2 is 1.96 bits per heavy atom. The van der Waals surface area contributed by atoms with Crippen LogP contribution in [0.4, 0.5) is 5.69 Å². The number of carbonyl (C=O) groups excluding carboxylic acids is 2. The van der Waals surface area contributed by atoms with Gasteiger partial charge in [-0.15, -0.1) is 11.8 Å². The van der Waals surface area contributed by atoms with Gasteiger partial charge in [0.05, 0.1) is 17.2 Å². The fourth-order valence-corrected chi connectivity index (χ4v) is 2.95. The smallest absolute Gasteiger partial charge is 0.316 e. The van der Waals surface area contributed by atoms with Crippen LogP contribution in [0, 0.1) is 0 Å². The summed E-state index contributed by atoms with van der Waals surface area (Å²) in [6.07, 6.45) is 3.69. The van der Waals surface area contributed by atoms with Crippen LogP contribution in [-0.2, 0) is 20.9 Å². The monoisotopic (exact) mass is 389 g/mol. The summed E-state index contributed by atoms with van der Waals surface area (Å²) in [6.45, 7) is 0.109. The van der Waals surface area contributed by atoms with Gasteiger partial charge in [0.1, 0.15) is 12.3 Å². The van der Waals surface area contributed by atoms with Crippen molar-refractivity contribution >= 4 is 46.6 Å². The van der Waals surface area contributed by atoms with E-state index in [-0.39, 0.29) is 30.0 Å². The van der Waals surface area contributed by atoms with Gasteiger partial charge in [-0.25, -0.2) is 4.98 Å². The molecule has 0 fully saturated rings. The topological polar surface area (TPSA) is 72.7 Å². The van der Waals surface area contributed by atoms with Gasteiger partial charge in [-0.2, -0.15) is 0 Å². The van der Waals surface area contributed by atoms with Crippen LogP contribution in [-0.4, -0.2) is 32.8 Å². The predicted octanol–water partition coefficient (Wildman–Crippen LogP) is 3.40. The SMILES string of the molecule is O=C(CSCC(=O)OCc1cn2ccccc2n1)Nc1ccc(Cl)cc1. The fraction of sp³-hybridized carbons (Fsp3) is 0.167. The third-order valence-electron chi connectivity index (χ3n) is 3.38. The van der Waals surface area contributed by atoms with E-state index >= 15 is 0 Å². The number of esters is 1. The Morgan fingerprint density at radius 1 is 1.15 bits per heavy atom. The first-order valence-corrected chi connectivity index (χ1v) is 9.35. The molecule has 3 rings (SSSR count). The molecule has 0 saturated carbocycles. The maximum atomic E-state index is 11.8. The van der Waals surface area contributed by atoms with Gasteiger partial charge in [-0.3, -0.25) is 9.59 Å². The highest BCUT2D eigenvalue weighted by atomic mass is 35.5. The van der Waals surface area contributed by atoms with E-state index in [1.165, 1.54) is 11.8 Å². The molecule has 0 unspecified atom stereocenters. The van der Waals surface area contributed by atoms with Crippen molar-refractivity contribution in [1.82, 2.24) is 9.38 Å². The highest BCUT2D eigenvalue weighted by molar-refractivity contribution is 8.00. The molecule has 0 radical (unpaired) electrons. The number of fused-ring (bicyclic) bond motifs is 1. The molecule has 0 saturated heterocycles. The molecular weight excluding hydrogens is 374 g/mol. The number of carbonyl (C=O) groups is 2. The van der Waals surface area contributed by atoms with Crippen LogP contribution >= 0.6 is 23.4 Å². The zero-order chi connectivity index (χ0) is 18.4. The average molecular weight is 390 g/mol. The molecule has 2 aromatic heterocycles. The van der Waals surface area contributed by atoms with Crippen molar-refractivity contribution in [1.29, 1.82) is 0 Å². The molecule has 3 aromatic rings. The van der Waals surface area contributed by atoms with Gasteiger partial charge in [-0.1, -0.05) is 17.7 Å². The fourth-order valence-electron chi connectivity index (χ4n) is 2.21. The van der Waals surface area contributed by atoms with E-state index in [0.29, 0.717) is 16.4 Å². The highest BCUT2D eigenvalue weighted by Crippen LogP contribution is 2.14. The number of nitrogens with zero attached hydrogens (tertiary/aromatic N) is 2. The first kappa shape index (κ1) is 18.3. The molecule has 0 atom stereocenters. The third kappa shape index (κ3) is 5.24. The molecule has 0 aliphatic rings. The van der Waals surface area contributed by atoms with E-state index in [0.717, 1.165) is 5.65 Å². The quantitative estimate of drug-likeness (QED) is 0.627. The van der Waals surface area contributed by atoms with Crippen molar-refractivity contribution < 1.29 is 14.3 Å². The van der Waals surface area contributed by atoms with Crippen molar-refractivity contribution in [3.05, 3.63) is 65.6 Å². The second kappa shape index (κ2) is 8.73. The Morgan fingerprint density at radius 3 is 2.73 bits per heavy atom. The van der Waals surface area contributed by atoms with Crippen molar-refractivity contribution in [2.75, 3.05) is 16.8 Å². The second-order valence-corrected chi connectivity index (χ2v) is 6.83. The number of pyridine rings is 1. The van der Waals surface area contributed by atoms with E-state index in [4.69, 9.17) is 16.3 Å². The first-order valence-electron chi connectivity index (χ1n) is 7.81. The zero-order valence-corrected chi connectivity index (χ0v) is 15.3. The van der Waals surface area contributed by atoms with Gasteiger partial charge >= 0.3 is 5.97 Å². The summed E-state index contributed by atoms with van der Waals surface area (Å²) in [4.78, 5) is 28.0. The molecule has 6 nitrogen and oxygen atoms in total. The molecular formula is C18H16ClN3O3S. The highest BCUT2D eigenvalue weighted by Gasteiger charge is 2.09. The molecule has 8 heteroatoms. The number of anilines is 1. The molecule has 1 amide bonds. The molecule has 2 heterocycles. The minimum atomic E-state index is -0.383. The van der Waals surface area contributed by atoms with Gasteiger partial charge in [-0.05, 0) is 36.4 Å². The van der Waals surface area contributed by atoms with Crippen LogP contribution in [0.3, 0.4) is 0 Å². The molecule has 0 bridgehead atoms. The maximum Gasteiger partial charge on any atom is 0.316 e. The Balaban J connectivity index is 1.37. The van der Waals surface area contributed by atoms with Crippen LogP contribution in [0.1, 0.15) is 5.69 Å². The maximum absolute atomic E-state index is 11.8. The number of imidazole rings is 1. The molecule has 0 spiro atoms. The van der Waals surface area contributed by atoms with Gasteiger partial charge in [0.25, 0.3) is 0 Å². The van der Waals surface area contributed by atoms with Crippen molar-refractivity contribution in [3.8, 4) is 0 Å². The van der Waals surface area contributed by atoms with E-state index < -0.39 is 0 Å². The van der Waals surface area contributed by atoms with E-state index in [2.05, 4.69) is 10.3 Å². The zero-order valence-electron chi connectivity index (χ0n) is 13.7. The number of ether oxygens (including phenoxy) is 1. The lowest BCUT2D eigenvalue weighted by molar-refractivity contribution is -0.141. The summed E-state index contributed by atoms with van der Waals surface area (Å²) < 4.78 is 7.05. The number of thioether (sulfide) groups is 1. The Kier molecular flexibility index (Phi) is 6.14. The van der Waals surface area contributed by atoms with Crippen LogP contribution in [0.2, 0.25) is 5.02 Å². The van der Waals surface area contributed by atoms with Crippen molar-refractivity contribution in [3.63, 3.8) is 0 Å². The van der Waals surface area contributed by atoms with Gasteiger partial charge in [0.2, 0.25) is 5.91 Å². The standard InChI is InChI=1S/C18H16ClN3O3S/c19-13-4-6-14(7-5-13)21-17(23)11-26-12-18(24)25-10-15-9-22-8-2-1-3-16(22)20-15/h1-9H,10-12H2,(H,21,23). The summed E-state index contributed by atoms with van der Waals surface area (Å²) in [5.41, 5.74) is 2.14. The van der Waals surface area contributed by atoms with E-state index in [1.807, 2.05) is 35.0 Å². The van der Waals surface area contributed by atoms with E-state index in [9.17, 15) is 9.59 Å². The lowest BCUT2D eigenvalue weighted by atomic mass is 10.3. The minimum absolute atomic E-state index is 0.0986. The van der Waals surface area contributed by atoms with Gasteiger partial charge in [0, 0.05) is 23.1 Å². The Hall–Kier alpha value is -2.51. The number of nitrogens with one attached hydrogen (secondary N) is 1. The molecule has 1 aromatic carbocycles. The number of halogens is 1. The normalized spacial score (nSPS) is 10.7. The Bertz CT molecular complexity index is 878. The predicted molar refractivity (Wildman–Crippen MR) is 102 cm³/mol. The molecule has 0 aliphatic heterocycles.